The Labute approximate surface area is 83.3 Å². The highest BCUT2D eigenvalue weighted by Crippen LogP contribution is 2.28. The number of aryl methyl sites for hydroxylation is 1. The van der Waals surface area contributed by atoms with E-state index in [2.05, 4.69) is 10.3 Å². The SMILES string of the molecule is Cn1nncc1C(=O)CC1CCCC1. The first-order valence-electron chi connectivity index (χ1n) is 5.15. The summed E-state index contributed by atoms with van der Waals surface area (Å²) in [7, 11) is 1.76. The van der Waals surface area contributed by atoms with Gasteiger partial charge in [-0.3, -0.25) is 4.79 Å². The van der Waals surface area contributed by atoms with Gasteiger partial charge in [-0.05, 0) is 5.92 Å². The van der Waals surface area contributed by atoms with Crippen LogP contribution in [-0.2, 0) is 7.05 Å². The van der Waals surface area contributed by atoms with Gasteiger partial charge >= 0.3 is 0 Å². The van der Waals surface area contributed by atoms with E-state index in [9.17, 15) is 4.79 Å². The second-order valence-electron chi connectivity index (χ2n) is 4.02. The molecule has 1 fully saturated rings. The van der Waals surface area contributed by atoms with Gasteiger partial charge in [-0.15, -0.1) is 5.10 Å². The molecule has 1 heterocycles. The molecule has 0 bridgehead atoms. The first kappa shape index (κ1) is 9.37. The Morgan fingerprint density at radius 3 is 2.86 bits per heavy atom. The van der Waals surface area contributed by atoms with E-state index in [1.165, 1.54) is 25.7 Å². The van der Waals surface area contributed by atoms with Crippen molar-refractivity contribution in [3.05, 3.63) is 11.9 Å². The fraction of sp³-hybridized carbons (Fsp3) is 0.700. The first-order chi connectivity index (χ1) is 6.77. The highest BCUT2D eigenvalue weighted by molar-refractivity contribution is 5.94. The van der Waals surface area contributed by atoms with Crippen LogP contribution in [0.4, 0.5) is 0 Å². The second kappa shape index (κ2) is 3.90. The zero-order valence-electron chi connectivity index (χ0n) is 8.44. The first-order valence-corrected chi connectivity index (χ1v) is 5.15. The van der Waals surface area contributed by atoms with Crippen molar-refractivity contribution in [3.63, 3.8) is 0 Å². The summed E-state index contributed by atoms with van der Waals surface area (Å²) in [6, 6.07) is 0. The molecule has 0 saturated heterocycles. The van der Waals surface area contributed by atoms with Crippen molar-refractivity contribution in [3.8, 4) is 0 Å². The lowest BCUT2D eigenvalue weighted by molar-refractivity contribution is 0.0953. The van der Waals surface area contributed by atoms with Crippen LogP contribution in [0.5, 0.6) is 0 Å². The zero-order chi connectivity index (χ0) is 9.97. The van der Waals surface area contributed by atoms with E-state index >= 15 is 0 Å². The van der Waals surface area contributed by atoms with Crippen molar-refractivity contribution in [1.29, 1.82) is 0 Å². The van der Waals surface area contributed by atoms with Gasteiger partial charge < -0.3 is 0 Å². The molecule has 4 nitrogen and oxygen atoms in total. The highest BCUT2D eigenvalue weighted by Gasteiger charge is 2.20. The summed E-state index contributed by atoms with van der Waals surface area (Å²) >= 11 is 0. The van der Waals surface area contributed by atoms with Crippen LogP contribution in [0.1, 0.15) is 42.6 Å². The van der Waals surface area contributed by atoms with Crippen LogP contribution >= 0.6 is 0 Å². The fourth-order valence-corrected chi connectivity index (χ4v) is 2.12. The van der Waals surface area contributed by atoms with Gasteiger partial charge in [0.2, 0.25) is 0 Å². The molecule has 0 radical (unpaired) electrons. The molecular formula is C10H15N3O. The summed E-state index contributed by atoms with van der Waals surface area (Å²) in [5, 5.41) is 7.47. The lowest BCUT2D eigenvalue weighted by Gasteiger charge is -2.06. The van der Waals surface area contributed by atoms with E-state index in [0.29, 0.717) is 18.0 Å². The Bertz CT molecular complexity index is 326. The van der Waals surface area contributed by atoms with Crippen LogP contribution in [0.3, 0.4) is 0 Å². The normalized spacial score (nSPS) is 17.5. The van der Waals surface area contributed by atoms with Crippen LogP contribution in [0.15, 0.2) is 6.20 Å². The number of Topliss-reactive ketones (excluding diaryl/α,β-unsaturated/α-hetero) is 1. The van der Waals surface area contributed by atoms with Crippen molar-refractivity contribution in [2.75, 3.05) is 0 Å². The number of aromatic nitrogens is 3. The third-order valence-corrected chi connectivity index (χ3v) is 2.95. The van der Waals surface area contributed by atoms with Crippen molar-refractivity contribution in [1.82, 2.24) is 15.0 Å². The van der Waals surface area contributed by atoms with Crippen LogP contribution in [0, 0.1) is 5.92 Å². The van der Waals surface area contributed by atoms with Gasteiger partial charge in [0.15, 0.2) is 5.78 Å². The molecule has 0 N–H and O–H groups in total. The maximum absolute atomic E-state index is 11.8. The molecule has 0 unspecified atom stereocenters. The third-order valence-electron chi connectivity index (χ3n) is 2.95. The molecule has 0 aliphatic heterocycles. The lowest BCUT2D eigenvalue weighted by Crippen LogP contribution is -2.10. The molecule has 2 rings (SSSR count). The third kappa shape index (κ3) is 1.84. The summed E-state index contributed by atoms with van der Waals surface area (Å²) in [6.07, 6.45) is 7.19. The molecule has 0 spiro atoms. The van der Waals surface area contributed by atoms with E-state index in [1.807, 2.05) is 0 Å². The van der Waals surface area contributed by atoms with E-state index in [0.717, 1.165) is 0 Å². The quantitative estimate of drug-likeness (QED) is 0.685. The number of nitrogens with zero attached hydrogens (tertiary/aromatic N) is 3. The molecule has 1 saturated carbocycles. The molecule has 4 heteroatoms. The molecule has 1 aliphatic rings. The Morgan fingerprint density at radius 1 is 1.57 bits per heavy atom. The molecule has 14 heavy (non-hydrogen) atoms. The standard InChI is InChI=1S/C10H15N3O/c1-13-9(7-11-12-13)10(14)6-8-4-2-3-5-8/h7-8H,2-6H2,1H3. The van der Waals surface area contributed by atoms with E-state index in [4.69, 9.17) is 0 Å². The van der Waals surface area contributed by atoms with Crippen molar-refractivity contribution in [2.45, 2.75) is 32.1 Å². The average molecular weight is 193 g/mol. The Balaban J connectivity index is 1.98. The van der Waals surface area contributed by atoms with Gasteiger partial charge in [0, 0.05) is 13.5 Å². The Morgan fingerprint density at radius 2 is 2.29 bits per heavy atom. The summed E-state index contributed by atoms with van der Waals surface area (Å²) < 4.78 is 1.55. The molecule has 0 atom stereocenters. The summed E-state index contributed by atoms with van der Waals surface area (Å²) in [5.74, 6) is 0.779. The second-order valence-corrected chi connectivity index (χ2v) is 4.02. The molecular weight excluding hydrogens is 178 g/mol. The fourth-order valence-electron chi connectivity index (χ4n) is 2.12. The Kier molecular flexibility index (Phi) is 2.61. The number of hydrogen-bond donors (Lipinski definition) is 0. The number of rotatable bonds is 3. The van der Waals surface area contributed by atoms with E-state index in [1.54, 1.807) is 17.9 Å². The van der Waals surface area contributed by atoms with Crippen LogP contribution in [-0.4, -0.2) is 20.8 Å². The molecule has 76 valence electrons. The monoisotopic (exact) mass is 193 g/mol. The largest absolute Gasteiger partial charge is 0.292 e. The van der Waals surface area contributed by atoms with Gasteiger partial charge in [-0.1, -0.05) is 30.9 Å². The number of carbonyl (C=O) groups is 1. The minimum atomic E-state index is 0.185. The number of carbonyl (C=O) groups excluding carboxylic acids is 1. The Hall–Kier alpha value is -1.19. The topological polar surface area (TPSA) is 47.8 Å². The van der Waals surface area contributed by atoms with Crippen molar-refractivity contribution in [2.24, 2.45) is 13.0 Å². The minimum absolute atomic E-state index is 0.185. The van der Waals surface area contributed by atoms with Gasteiger partial charge in [-0.25, -0.2) is 4.68 Å². The summed E-state index contributed by atoms with van der Waals surface area (Å²) in [6.45, 7) is 0. The van der Waals surface area contributed by atoms with Crippen LogP contribution < -0.4 is 0 Å². The maximum atomic E-state index is 11.8. The highest BCUT2D eigenvalue weighted by atomic mass is 16.1. The molecule has 1 aromatic rings. The average Bonchev–Trinajstić information content (AvgIpc) is 2.75. The van der Waals surface area contributed by atoms with Gasteiger partial charge in [-0.2, -0.15) is 0 Å². The summed E-state index contributed by atoms with van der Waals surface area (Å²) in [5.41, 5.74) is 0.636. The maximum Gasteiger partial charge on any atom is 0.182 e. The summed E-state index contributed by atoms with van der Waals surface area (Å²) in [4.78, 5) is 11.8. The molecule has 0 amide bonds. The molecule has 0 aromatic carbocycles. The molecule has 1 aliphatic carbocycles. The predicted molar refractivity (Wildman–Crippen MR) is 51.9 cm³/mol. The van der Waals surface area contributed by atoms with Crippen molar-refractivity contribution >= 4 is 5.78 Å². The lowest BCUT2D eigenvalue weighted by atomic mass is 10.00. The zero-order valence-corrected chi connectivity index (χ0v) is 8.44. The smallest absolute Gasteiger partial charge is 0.182 e. The van der Waals surface area contributed by atoms with Gasteiger partial charge in [0.25, 0.3) is 0 Å². The van der Waals surface area contributed by atoms with Gasteiger partial charge in [0.05, 0.1) is 6.20 Å². The number of ketones is 1. The predicted octanol–water partition coefficient (Wildman–Crippen LogP) is 1.58. The van der Waals surface area contributed by atoms with E-state index in [-0.39, 0.29) is 5.78 Å². The van der Waals surface area contributed by atoms with Crippen molar-refractivity contribution < 1.29 is 4.79 Å². The number of hydrogen-bond acceptors (Lipinski definition) is 3. The van der Waals surface area contributed by atoms with E-state index < -0.39 is 0 Å². The molecule has 1 aromatic heterocycles. The van der Waals surface area contributed by atoms with Crippen LogP contribution in [0.25, 0.3) is 0 Å². The van der Waals surface area contributed by atoms with Crippen LogP contribution in [0.2, 0.25) is 0 Å². The minimum Gasteiger partial charge on any atom is -0.292 e. The van der Waals surface area contributed by atoms with Gasteiger partial charge in [0.1, 0.15) is 5.69 Å².